The van der Waals surface area contributed by atoms with Gasteiger partial charge in [0.05, 0.1) is 4.92 Å². The van der Waals surface area contributed by atoms with Gasteiger partial charge in [0.25, 0.3) is 5.69 Å². The van der Waals surface area contributed by atoms with E-state index in [1.165, 1.54) is 25.1 Å². The number of carbonyl (C=O) groups excluding carboxylic acids is 1. The average molecular weight is 229 g/mol. The Kier molecular flexibility index (Phi) is 3.80. The van der Waals surface area contributed by atoms with Crippen LogP contribution in [0.25, 0.3) is 0 Å². The molecule has 0 aliphatic carbocycles. The van der Waals surface area contributed by atoms with E-state index in [-0.39, 0.29) is 11.4 Å². The van der Waals surface area contributed by atoms with E-state index < -0.39 is 10.8 Å². The molecule has 17 heavy (non-hydrogen) atoms. The maximum absolute atomic E-state index is 10.8. The lowest BCUT2D eigenvalue weighted by Crippen LogP contribution is -2.08. The predicted octanol–water partition coefficient (Wildman–Crippen LogP) is 1.43. The van der Waals surface area contributed by atoms with Gasteiger partial charge in [-0.3, -0.25) is 14.9 Å². The monoisotopic (exact) mass is 229 g/mol. The highest BCUT2D eigenvalue weighted by Gasteiger charge is 2.14. The van der Waals surface area contributed by atoms with E-state index >= 15 is 0 Å². The number of amides is 1. The van der Waals surface area contributed by atoms with E-state index in [4.69, 9.17) is 5.26 Å². The Morgan fingerprint density at radius 1 is 1.53 bits per heavy atom. The van der Waals surface area contributed by atoms with Gasteiger partial charge in [0.2, 0.25) is 5.91 Å². The van der Waals surface area contributed by atoms with Crippen LogP contribution in [0.5, 0.6) is 0 Å². The fourth-order valence-electron chi connectivity index (χ4n) is 1.16. The van der Waals surface area contributed by atoms with Crippen molar-refractivity contribution >= 4 is 17.3 Å². The molecule has 84 valence electrons. The van der Waals surface area contributed by atoms with Crippen molar-refractivity contribution in [1.82, 2.24) is 0 Å². The number of nitrogens with one attached hydrogen (secondary N) is 1. The second-order valence-corrected chi connectivity index (χ2v) is 3.03. The molecular weight excluding hydrogens is 222 g/mol. The van der Waals surface area contributed by atoms with Gasteiger partial charge in [0.1, 0.15) is 5.69 Å². The van der Waals surface area contributed by atoms with Crippen LogP contribution in [0.15, 0.2) is 18.2 Å². The van der Waals surface area contributed by atoms with Crippen LogP contribution in [0, 0.1) is 33.3 Å². The SMILES string of the molecule is CC(=O)Nc1ccc(C#CC#N)cc1[N+](=O)[O-]. The third-order valence-corrected chi connectivity index (χ3v) is 1.77. The normalized spacial score (nSPS) is 8.47. The maximum atomic E-state index is 10.8. The molecule has 0 spiro atoms. The first-order valence-electron chi connectivity index (χ1n) is 4.50. The third kappa shape index (κ3) is 3.33. The van der Waals surface area contributed by atoms with Crippen molar-refractivity contribution in [3.63, 3.8) is 0 Å². The van der Waals surface area contributed by atoms with Crippen molar-refractivity contribution < 1.29 is 9.72 Å². The van der Waals surface area contributed by atoms with Gasteiger partial charge in [-0.05, 0) is 12.1 Å². The van der Waals surface area contributed by atoms with E-state index in [9.17, 15) is 14.9 Å². The standard InChI is InChI=1S/C11H7N3O3/c1-8(15)13-10-5-4-9(3-2-6-12)7-11(10)14(16)17/h4-5,7H,1H3,(H,13,15). The quantitative estimate of drug-likeness (QED) is 0.471. The minimum Gasteiger partial charge on any atom is -0.321 e. The van der Waals surface area contributed by atoms with Crippen LogP contribution in [0.4, 0.5) is 11.4 Å². The molecule has 0 aromatic heterocycles. The first kappa shape index (κ1) is 12.2. The van der Waals surface area contributed by atoms with Crippen LogP contribution >= 0.6 is 0 Å². The summed E-state index contributed by atoms with van der Waals surface area (Å²) in [4.78, 5) is 21.0. The smallest absolute Gasteiger partial charge is 0.293 e. The molecule has 0 heterocycles. The molecule has 0 saturated carbocycles. The number of nitriles is 1. The molecule has 0 aliphatic rings. The van der Waals surface area contributed by atoms with Gasteiger partial charge in [0, 0.05) is 24.5 Å². The fourth-order valence-corrected chi connectivity index (χ4v) is 1.16. The van der Waals surface area contributed by atoms with Crippen molar-refractivity contribution in [3.8, 4) is 17.9 Å². The molecule has 1 amide bonds. The second kappa shape index (κ2) is 5.29. The van der Waals surface area contributed by atoms with Crippen LogP contribution in [0.3, 0.4) is 0 Å². The number of nitro benzene ring substituents is 1. The summed E-state index contributed by atoms with van der Waals surface area (Å²) >= 11 is 0. The molecule has 0 atom stereocenters. The highest BCUT2D eigenvalue weighted by atomic mass is 16.6. The molecule has 1 rings (SSSR count). The van der Waals surface area contributed by atoms with Crippen LogP contribution in [0.1, 0.15) is 12.5 Å². The fraction of sp³-hybridized carbons (Fsp3) is 0.0909. The summed E-state index contributed by atoms with van der Waals surface area (Å²) in [5.41, 5.74) is 0.183. The largest absolute Gasteiger partial charge is 0.321 e. The van der Waals surface area contributed by atoms with Gasteiger partial charge in [-0.2, -0.15) is 5.26 Å². The molecule has 6 nitrogen and oxygen atoms in total. The number of nitro groups is 1. The predicted molar refractivity (Wildman–Crippen MR) is 59.9 cm³/mol. The van der Waals surface area contributed by atoms with E-state index in [0.717, 1.165) is 0 Å². The minimum absolute atomic E-state index is 0.102. The van der Waals surface area contributed by atoms with Crippen LogP contribution < -0.4 is 5.32 Å². The van der Waals surface area contributed by atoms with Crippen molar-refractivity contribution in [2.45, 2.75) is 6.92 Å². The zero-order chi connectivity index (χ0) is 12.8. The Balaban J connectivity index is 3.22. The molecule has 0 radical (unpaired) electrons. The molecule has 1 aromatic rings. The molecule has 6 heteroatoms. The number of hydrogen-bond acceptors (Lipinski definition) is 4. The number of rotatable bonds is 2. The minimum atomic E-state index is -0.622. The number of carbonyl (C=O) groups is 1. The van der Waals surface area contributed by atoms with Gasteiger partial charge in [-0.1, -0.05) is 5.92 Å². The molecule has 0 aliphatic heterocycles. The van der Waals surface area contributed by atoms with Gasteiger partial charge < -0.3 is 5.32 Å². The number of benzene rings is 1. The molecular formula is C11H7N3O3. The summed E-state index contributed by atoms with van der Waals surface area (Å²) in [7, 11) is 0. The molecule has 0 fully saturated rings. The van der Waals surface area contributed by atoms with Crippen LogP contribution in [0.2, 0.25) is 0 Å². The summed E-state index contributed by atoms with van der Waals surface area (Å²) in [6.07, 6.45) is 0. The zero-order valence-electron chi connectivity index (χ0n) is 8.85. The average Bonchev–Trinajstić information content (AvgIpc) is 2.26. The summed E-state index contributed by atoms with van der Waals surface area (Å²) in [6.45, 7) is 1.26. The summed E-state index contributed by atoms with van der Waals surface area (Å²) in [6, 6.07) is 5.68. The Morgan fingerprint density at radius 3 is 2.76 bits per heavy atom. The Labute approximate surface area is 97.0 Å². The van der Waals surface area contributed by atoms with E-state index in [1.54, 1.807) is 6.07 Å². The Bertz CT molecular complexity index is 576. The summed E-state index contributed by atoms with van der Waals surface area (Å²) in [5.74, 6) is 4.18. The topological polar surface area (TPSA) is 96.0 Å². The number of nitrogens with zero attached hydrogens (tertiary/aromatic N) is 2. The van der Waals surface area contributed by atoms with Crippen LogP contribution in [-0.2, 0) is 4.79 Å². The van der Waals surface area contributed by atoms with Crippen molar-refractivity contribution in [2.24, 2.45) is 0 Å². The maximum Gasteiger partial charge on any atom is 0.293 e. The van der Waals surface area contributed by atoms with E-state index in [0.29, 0.717) is 5.56 Å². The van der Waals surface area contributed by atoms with E-state index in [2.05, 4.69) is 17.2 Å². The highest BCUT2D eigenvalue weighted by Crippen LogP contribution is 2.25. The van der Waals surface area contributed by atoms with Gasteiger partial charge in [-0.25, -0.2) is 0 Å². The molecule has 1 aromatic carbocycles. The molecule has 0 bridgehead atoms. The van der Waals surface area contributed by atoms with Crippen LogP contribution in [-0.4, -0.2) is 10.8 Å². The molecule has 1 N–H and O–H groups in total. The lowest BCUT2D eigenvalue weighted by Gasteiger charge is -2.03. The lowest BCUT2D eigenvalue weighted by molar-refractivity contribution is -0.383. The first-order chi connectivity index (χ1) is 8.04. The van der Waals surface area contributed by atoms with Gasteiger partial charge in [-0.15, -0.1) is 0 Å². The van der Waals surface area contributed by atoms with Gasteiger partial charge in [0.15, 0.2) is 6.07 Å². The summed E-state index contributed by atoms with van der Waals surface area (Å²) in [5, 5.41) is 21.4. The van der Waals surface area contributed by atoms with Crippen molar-refractivity contribution in [3.05, 3.63) is 33.9 Å². The zero-order valence-corrected chi connectivity index (χ0v) is 8.85. The Hall–Kier alpha value is -2.86. The van der Waals surface area contributed by atoms with Crippen molar-refractivity contribution in [1.29, 1.82) is 5.26 Å². The third-order valence-electron chi connectivity index (χ3n) is 1.77. The first-order valence-corrected chi connectivity index (χ1v) is 4.50. The molecule has 0 unspecified atom stereocenters. The highest BCUT2D eigenvalue weighted by molar-refractivity contribution is 5.91. The number of hydrogen-bond donors (Lipinski definition) is 1. The van der Waals surface area contributed by atoms with E-state index in [1.807, 2.05) is 0 Å². The lowest BCUT2D eigenvalue weighted by atomic mass is 10.1. The number of anilines is 1. The Morgan fingerprint density at radius 2 is 2.24 bits per heavy atom. The molecule has 0 saturated heterocycles. The van der Waals surface area contributed by atoms with Crippen molar-refractivity contribution in [2.75, 3.05) is 5.32 Å². The summed E-state index contributed by atoms with van der Waals surface area (Å²) < 4.78 is 0. The second-order valence-electron chi connectivity index (χ2n) is 3.03. The van der Waals surface area contributed by atoms with Gasteiger partial charge >= 0.3 is 0 Å².